The Bertz CT molecular complexity index is 1830. The van der Waals surface area contributed by atoms with Crippen LogP contribution in [0.15, 0.2) is 74.9 Å². The standard InChI is InChI=1S/C27H20F6N4O5S/c28-26(29,30)17-3-1-4-19(14-17)43(39,40)37-15-18(8-11-24-35-36-25(38)42-24)41-23-10-7-16(13-22(23)37)6-9-21-20(27(31,32)33)5-2-12-34-21/h1-7,9-10,12-14,18H,8,11,15H2,(H,36,38)/b9-6+/t18-/m0/s1. The van der Waals surface area contributed by atoms with Crippen molar-refractivity contribution < 1.29 is 43.9 Å². The molecular formula is C27H20F6N4O5S. The molecule has 0 amide bonds. The van der Waals surface area contributed by atoms with E-state index in [9.17, 15) is 39.6 Å². The van der Waals surface area contributed by atoms with Crippen molar-refractivity contribution in [2.24, 2.45) is 0 Å². The largest absolute Gasteiger partial charge is 0.486 e. The third kappa shape index (κ3) is 6.58. The minimum Gasteiger partial charge on any atom is -0.486 e. The molecule has 4 aromatic rings. The molecule has 0 saturated heterocycles. The molecule has 2 aromatic heterocycles. The highest BCUT2D eigenvalue weighted by Crippen LogP contribution is 2.40. The van der Waals surface area contributed by atoms with Crippen LogP contribution in [0.5, 0.6) is 5.75 Å². The number of anilines is 1. The first-order chi connectivity index (χ1) is 20.2. The first kappa shape index (κ1) is 29.9. The van der Waals surface area contributed by atoms with Crippen molar-refractivity contribution in [2.75, 3.05) is 10.8 Å². The smallest absolute Gasteiger partial charge is 0.434 e. The number of pyridine rings is 1. The van der Waals surface area contributed by atoms with E-state index in [1.165, 1.54) is 30.5 Å². The summed E-state index contributed by atoms with van der Waals surface area (Å²) < 4.78 is 120. The van der Waals surface area contributed by atoms with Crippen LogP contribution < -0.4 is 14.8 Å². The predicted octanol–water partition coefficient (Wildman–Crippen LogP) is 5.56. The summed E-state index contributed by atoms with van der Waals surface area (Å²) in [5.41, 5.74) is -2.29. The molecule has 0 radical (unpaired) electrons. The zero-order valence-corrected chi connectivity index (χ0v) is 22.5. The van der Waals surface area contributed by atoms with Crippen molar-refractivity contribution in [1.29, 1.82) is 0 Å². The molecule has 226 valence electrons. The summed E-state index contributed by atoms with van der Waals surface area (Å²) in [6.07, 6.45) is -6.53. The highest BCUT2D eigenvalue weighted by Gasteiger charge is 2.37. The monoisotopic (exact) mass is 626 g/mol. The zero-order chi connectivity index (χ0) is 31.0. The van der Waals surface area contributed by atoms with E-state index in [-0.39, 0.29) is 48.0 Å². The number of benzene rings is 2. The first-order valence-corrected chi connectivity index (χ1v) is 13.9. The Morgan fingerprint density at radius 2 is 1.79 bits per heavy atom. The van der Waals surface area contributed by atoms with Crippen molar-refractivity contribution in [2.45, 2.75) is 36.2 Å². The molecule has 0 aliphatic carbocycles. The summed E-state index contributed by atoms with van der Waals surface area (Å²) in [6, 6.07) is 9.45. The van der Waals surface area contributed by atoms with Crippen LogP contribution in [0, 0.1) is 0 Å². The number of halogens is 6. The average Bonchev–Trinajstić information content (AvgIpc) is 3.38. The Hall–Kier alpha value is -4.60. The average molecular weight is 627 g/mol. The van der Waals surface area contributed by atoms with E-state index < -0.39 is 50.3 Å². The van der Waals surface area contributed by atoms with Crippen molar-refractivity contribution in [3.8, 4) is 5.75 Å². The van der Waals surface area contributed by atoms with E-state index in [0.29, 0.717) is 6.07 Å². The van der Waals surface area contributed by atoms with Crippen LogP contribution in [-0.4, -0.2) is 36.2 Å². The lowest BCUT2D eigenvalue weighted by Gasteiger charge is -2.35. The Balaban J connectivity index is 1.52. The van der Waals surface area contributed by atoms with Crippen LogP contribution in [0.3, 0.4) is 0 Å². The molecule has 0 saturated carbocycles. The Labute approximate surface area is 239 Å². The lowest BCUT2D eigenvalue weighted by Crippen LogP contribution is -2.43. The topological polar surface area (TPSA) is 118 Å². The summed E-state index contributed by atoms with van der Waals surface area (Å²) in [4.78, 5) is 14.4. The number of H-pyrrole nitrogens is 1. The van der Waals surface area contributed by atoms with Gasteiger partial charge in [0.05, 0.1) is 33.9 Å². The van der Waals surface area contributed by atoms with Gasteiger partial charge in [0.2, 0.25) is 5.89 Å². The van der Waals surface area contributed by atoms with Gasteiger partial charge in [-0.2, -0.15) is 26.3 Å². The van der Waals surface area contributed by atoms with Crippen molar-refractivity contribution in [3.63, 3.8) is 0 Å². The molecule has 5 rings (SSSR count). The second-order valence-corrected chi connectivity index (χ2v) is 11.2. The maximum Gasteiger partial charge on any atom is 0.434 e. The van der Waals surface area contributed by atoms with Crippen molar-refractivity contribution in [3.05, 3.63) is 99.6 Å². The molecule has 3 heterocycles. The van der Waals surface area contributed by atoms with Crippen LogP contribution in [0.25, 0.3) is 12.2 Å². The number of sulfonamides is 1. The molecule has 1 N–H and O–H groups in total. The summed E-state index contributed by atoms with van der Waals surface area (Å²) in [6.45, 7) is -0.341. The number of nitrogens with zero attached hydrogens (tertiary/aromatic N) is 3. The summed E-state index contributed by atoms with van der Waals surface area (Å²) in [7, 11) is -4.61. The van der Waals surface area contributed by atoms with E-state index in [2.05, 4.69) is 15.2 Å². The fraction of sp³-hybridized carbons (Fsp3) is 0.222. The van der Waals surface area contributed by atoms with Crippen molar-refractivity contribution in [1.82, 2.24) is 15.2 Å². The number of hydrogen-bond acceptors (Lipinski definition) is 7. The van der Waals surface area contributed by atoms with Crippen molar-refractivity contribution >= 4 is 27.9 Å². The predicted molar refractivity (Wildman–Crippen MR) is 140 cm³/mol. The zero-order valence-electron chi connectivity index (χ0n) is 21.7. The normalized spacial score (nSPS) is 15.9. The van der Waals surface area contributed by atoms with E-state index in [4.69, 9.17) is 9.15 Å². The van der Waals surface area contributed by atoms with Crippen LogP contribution in [-0.2, 0) is 28.8 Å². The van der Waals surface area contributed by atoms with Gasteiger partial charge in [-0.05, 0) is 60.5 Å². The molecule has 0 fully saturated rings. The maximum absolute atomic E-state index is 13.8. The second kappa shape index (κ2) is 11.2. The number of aryl methyl sites for hydroxylation is 1. The van der Waals surface area contributed by atoms with Gasteiger partial charge in [0, 0.05) is 12.6 Å². The summed E-state index contributed by atoms with van der Waals surface area (Å²) in [5, 5.41) is 5.79. The van der Waals surface area contributed by atoms with Gasteiger partial charge in [-0.25, -0.2) is 18.3 Å². The van der Waals surface area contributed by atoms with Gasteiger partial charge >= 0.3 is 18.1 Å². The number of rotatable bonds is 7. The molecule has 0 unspecified atom stereocenters. The molecule has 1 aliphatic rings. The molecular weight excluding hydrogens is 606 g/mol. The molecule has 0 spiro atoms. The lowest BCUT2D eigenvalue weighted by molar-refractivity contribution is -0.138. The van der Waals surface area contributed by atoms with Gasteiger partial charge in [0.15, 0.2) is 0 Å². The molecule has 43 heavy (non-hydrogen) atoms. The summed E-state index contributed by atoms with van der Waals surface area (Å²) >= 11 is 0. The van der Waals surface area contributed by atoms with Crippen LogP contribution in [0.1, 0.15) is 34.7 Å². The Morgan fingerprint density at radius 1 is 1.00 bits per heavy atom. The Kier molecular flexibility index (Phi) is 7.81. The van der Waals surface area contributed by atoms with Crippen LogP contribution in [0.2, 0.25) is 0 Å². The molecule has 16 heteroatoms. The van der Waals surface area contributed by atoms with Crippen LogP contribution >= 0.6 is 0 Å². The van der Waals surface area contributed by atoms with Gasteiger partial charge in [0.25, 0.3) is 10.0 Å². The third-order valence-corrected chi connectivity index (χ3v) is 8.18. The molecule has 0 bridgehead atoms. The highest BCUT2D eigenvalue weighted by atomic mass is 32.2. The van der Waals surface area contributed by atoms with E-state index in [0.717, 1.165) is 40.7 Å². The van der Waals surface area contributed by atoms with E-state index in [1.54, 1.807) is 0 Å². The molecule has 9 nitrogen and oxygen atoms in total. The molecule has 1 atom stereocenters. The minimum absolute atomic E-state index is 0.0416. The number of aromatic amines is 1. The minimum atomic E-state index is -4.80. The second-order valence-electron chi connectivity index (χ2n) is 9.34. The molecule has 2 aromatic carbocycles. The quantitative estimate of drug-likeness (QED) is 0.267. The number of aromatic nitrogens is 3. The molecule has 1 aliphatic heterocycles. The SMILES string of the molecule is O=c1[nH]nc(CC[C@H]2CN(S(=O)(=O)c3cccc(C(F)(F)F)c3)c3cc(/C=C/c4ncccc4C(F)(F)F)ccc3O2)o1. The van der Waals surface area contributed by atoms with E-state index in [1.807, 2.05) is 0 Å². The number of alkyl halides is 6. The highest BCUT2D eigenvalue weighted by molar-refractivity contribution is 7.92. The van der Waals surface area contributed by atoms with Gasteiger partial charge in [-0.3, -0.25) is 9.29 Å². The van der Waals surface area contributed by atoms with Gasteiger partial charge in [-0.1, -0.05) is 18.2 Å². The Morgan fingerprint density at radius 3 is 2.49 bits per heavy atom. The number of hydrogen-bond donors (Lipinski definition) is 1. The van der Waals surface area contributed by atoms with Gasteiger partial charge in [-0.15, -0.1) is 5.10 Å². The maximum atomic E-state index is 13.8. The van der Waals surface area contributed by atoms with Crippen LogP contribution in [0.4, 0.5) is 32.0 Å². The number of ether oxygens (including phenoxy) is 1. The first-order valence-electron chi connectivity index (χ1n) is 12.5. The fourth-order valence-electron chi connectivity index (χ4n) is 4.39. The van der Waals surface area contributed by atoms with Gasteiger partial charge < -0.3 is 9.15 Å². The van der Waals surface area contributed by atoms with E-state index >= 15 is 0 Å². The third-order valence-electron chi connectivity index (χ3n) is 6.40. The summed E-state index contributed by atoms with van der Waals surface area (Å²) in [5.74, 6) is -0.687. The van der Waals surface area contributed by atoms with Gasteiger partial charge in [0.1, 0.15) is 11.9 Å². The fourth-order valence-corrected chi connectivity index (χ4v) is 5.93. The lowest BCUT2D eigenvalue weighted by atomic mass is 10.1. The number of fused-ring (bicyclic) bond motifs is 1. The number of nitrogens with one attached hydrogen (secondary N) is 1.